The maximum atomic E-state index is 6.05. The Bertz CT molecular complexity index is 642. The fourth-order valence-electron chi connectivity index (χ4n) is 1.84. The molecule has 0 aliphatic rings. The largest absolute Gasteiger partial charge is 0.459 e. The summed E-state index contributed by atoms with van der Waals surface area (Å²) in [6.07, 6.45) is 1.60. The Hall–Kier alpha value is -2.14. The molecule has 0 aliphatic heterocycles. The number of hydrogen-bond acceptors (Lipinski definition) is 4. The fourth-order valence-corrected chi connectivity index (χ4v) is 1.84. The van der Waals surface area contributed by atoms with Crippen LogP contribution in [-0.2, 0) is 0 Å². The molecule has 17 heavy (non-hydrogen) atoms. The van der Waals surface area contributed by atoms with Gasteiger partial charge in [0.25, 0.3) is 0 Å². The molecule has 0 fully saturated rings. The van der Waals surface area contributed by atoms with Gasteiger partial charge in [0.15, 0.2) is 0 Å². The fraction of sp³-hybridized carbons (Fsp3) is 0.167. The van der Waals surface area contributed by atoms with E-state index in [1.165, 1.54) is 5.56 Å². The Labute approximate surface area is 97.6 Å². The molecular formula is C12H12N4O. The van der Waals surface area contributed by atoms with Gasteiger partial charge >= 0.3 is 0 Å². The van der Waals surface area contributed by atoms with Gasteiger partial charge in [0.2, 0.25) is 0 Å². The van der Waals surface area contributed by atoms with Crippen LogP contribution in [0.4, 0.5) is 0 Å². The van der Waals surface area contributed by atoms with Crippen molar-refractivity contribution < 1.29 is 4.42 Å². The zero-order valence-electron chi connectivity index (χ0n) is 9.34. The molecule has 1 unspecified atom stereocenters. The van der Waals surface area contributed by atoms with Crippen molar-refractivity contribution in [2.75, 3.05) is 0 Å². The van der Waals surface area contributed by atoms with E-state index in [1.807, 2.05) is 25.1 Å². The summed E-state index contributed by atoms with van der Waals surface area (Å²) in [5.74, 6) is 0.694. The number of aromatic amines is 1. The number of aromatic nitrogens is 3. The van der Waals surface area contributed by atoms with E-state index >= 15 is 0 Å². The SMILES string of the molecule is Cc1ccc2oc(C(N)c3cn[nH]n3)cc2c1. The number of H-pyrrole nitrogens is 1. The van der Waals surface area contributed by atoms with Gasteiger partial charge in [0.1, 0.15) is 23.1 Å². The Balaban J connectivity index is 2.06. The zero-order chi connectivity index (χ0) is 11.8. The van der Waals surface area contributed by atoms with Crippen molar-refractivity contribution in [2.24, 2.45) is 5.73 Å². The summed E-state index contributed by atoms with van der Waals surface area (Å²) in [5, 5.41) is 11.3. The van der Waals surface area contributed by atoms with Gasteiger partial charge in [-0.05, 0) is 25.1 Å². The van der Waals surface area contributed by atoms with E-state index in [0.29, 0.717) is 11.5 Å². The number of benzene rings is 1. The minimum absolute atomic E-state index is 0.388. The number of nitrogens with one attached hydrogen (secondary N) is 1. The standard InChI is InChI=1S/C12H12N4O/c1-7-2-3-10-8(4-7)5-11(17-10)12(13)9-6-14-16-15-9/h2-6,12H,13H2,1H3,(H,14,15,16). The van der Waals surface area contributed by atoms with E-state index in [0.717, 1.165) is 11.0 Å². The summed E-state index contributed by atoms with van der Waals surface area (Å²) >= 11 is 0. The van der Waals surface area contributed by atoms with Crippen LogP contribution in [0.3, 0.4) is 0 Å². The Morgan fingerprint density at radius 3 is 3.00 bits per heavy atom. The molecule has 0 amide bonds. The lowest BCUT2D eigenvalue weighted by Gasteiger charge is -2.02. The number of hydrogen-bond donors (Lipinski definition) is 2. The van der Waals surface area contributed by atoms with Crippen LogP contribution < -0.4 is 5.73 Å². The summed E-state index contributed by atoms with van der Waals surface area (Å²) < 4.78 is 5.70. The van der Waals surface area contributed by atoms with E-state index in [9.17, 15) is 0 Å². The molecule has 1 atom stereocenters. The Morgan fingerprint density at radius 2 is 2.24 bits per heavy atom. The minimum Gasteiger partial charge on any atom is -0.459 e. The number of fused-ring (bicyclic) bond motifs is 1. The van der Waals surface area contributed by atoms with Crippen molar-refractivity contribution in [1.29, 1.82) is 0 Å². The average Bonchev–Trinajstić information content (AvgIpc) is 2.96. The van der Waals surface area contributed by atoms with E-state index in [4.69, 9.17) is 10.2 Å². The molecule has 0 spiro atoms. The lowest BCUT2D eigenvalue weighted by molar-refractivity contribution is 0.520. The molecule has 5 nitrogen and oxygen atoms in total. The highest BCUT2D eigenvalue weighted by Crippen LogP contribution is 2.26. The lowest BCUT2D eigenvalue weighted by atomic mass is 10.1. The van der Waals surface area contributed by atoms with Gasteiger partial charge in [0, 0.05) is 5.39 Å². The smallest absolute Gasteiger partial charge is 0.134 e. The summed E-state index contributed by atoms with van der Waals surface area (Å²) in [6, 6.07) is 7.59. The van der Waals surface area contributed by atoms with E-state index in [-0.39, 0.29) is 6.04 Å². The molecule has 5 heteroatoms. The van der Waals surface area contributed by atoms with Crippen molar-refractivity contribution in [3.63, 3.8) is 0 Å². The molecule has 0 saturated carbocycles. The van der Waals surface area contributed by atoms with Crippen LogP contribution in [0.5, 0.6) is 0 Å². The van der Waals surface area contributed by atoms with E-state index in [1.54, 1.807) is 6.20 Å². The molecule has 3 rings (SSSR count). The third-order valence-electron chi connectivity index (χ3n) is 2.75. The van der Waals surface area contributed by atoms with Gasteiger partial charge in [-0.1, -0.05) is 11.6 Å². The molecule has 0 bridgehead atoms. The normalized spacial score (nSPS) is 13.1. The van der Waals surface area contributed by atoms with Gasteiger partial charge in [-0.2, -0.15) is 15.4 Å². The van der Waals surface area contributed by atoms with Crippen LogP contribution in [0, 0.1) is 6.92 Å². The molecular weight excluding hydrogens is 216 g/mol. The first-order chi connectivity index (χ1) is 8.24. The van der Waals surface area contributed by atoms with Crippen LogP contribution in [-0.4, -0.2) is 15.4 Å². The van der Waals surface area contributed by atoms with Crippen molar-refractivity contribution >= 4 is 11.0 Å². The molecule has 2 heterocycles. The number of furan rings is 1. The molecule has 2 aromatic heterocycles. The van der Waals surface area contributed by atoms with Crippen LogP contribution in [0.2, 0.25) is 0 Å². The summed E-state index contributed by atoms with van der Waals surface area (Å²) in [5.41, 5.74) is 8.75. The van der Waals surface area contributed by atoms with Gasteiger partial charge in [-0.15, -0.1) is 0 Å². The van der Waals surface area contributed by atoms with Gasteiger partial charge in [-0.3, -0.25) is 0 Å². The third kappa shape index (κ3) is 1.70. The number of rotatable bonds is 2. The third-order valence-corrected chi connectivity index (χ3v) is 2.75. The highest BCUT2D eigenvalue weighted by atomic mass is 16.3. The van der Waals surface area contributed by atoms with Gasteiger partial charge in [0.05, 0.1) is 6.20 Å². The number of aryl methyl sites for hydroxylation is 1. The first-order valence-electron chi connectivity index (χ1n) is 5.35. The second kappa shape index (κ2) is 3.71. The summed E-state index contributed by atoms with van der Waals surface area (Å²) in [7, 11) is 0. The number of nitrogens with zero attached hydrogens (tertiary/aromatic N) is 2. The second-order valence-electron chi connectivity index (χ2n) is 4.06. The predicted octanol–water partition coefficient (Wildman–Crippen LogP) is 1.91. The molecule has 3 N–H and O–H groups in total. The summed E-state index contributed by atoms with van der Waals surface area (Å²) in [6.45, 7) is 2.05. The molecule has 0 saturated heterocycles. The van der Waals surface area contributed by atoms with Crippen molar-refractivity contribution in [2.45, 2.75) is 13.0 Å². The molecule has 3 aromatic rings. The van der Waals surface area contributed by atoms with Crippen molar-refractivity contribution in [3.05, 3.63) is 47.5 Å². The highest BCUT2D eigenvalue weighted by Gasteiger charge is 2.16. The Morgan fingerprint density at radius 1 is 1.35 bits per heavy atom. The lowest BCUT2D eigenvalue weighted by Crippen LogP contribution is -2.11. The van der Waals surface area contributed by atoms with Gasteiger partial charge < -0.3 is 10.2 Å². The minimum atomic E-state index is -0.388. The quantitative estimate of drug-likeness (QED) is 0.702. The second-order valence-corrected chi connectivity index (χ2v) is 4.06. The van der Waals surface area contributed by atoms with Crippen LogP contribution >= 0.6 is 0 Å². The molecule has 86 valence electrons. The molecule has 0 aliphatic carbocycles. The maximum Gasteiger partial charge on any atom is 0.134 e. The van der Waals surface area contributed by atoms with Crippen molar-refractivity contribution in [3.8, 4) is 0 Å². The van der Waals surface area contributed by atoms with Crippen LogP contribution in [0.25, 0.3) is 11.0 Å². The predicted molar refractivity (Wildman–Crippen MR) is 63.4 cm³/mol. The van der Waals surface area contributed by atoms with Crippen molar-refractivity contribution in [1.82, 2.24) is 15.4 Å². The van der Waals surface area contributed by atoms with Gasteiger partial charge in [-0.25, -0.2) is 0 Å². The molecule has 1 aromatic carbocycles. The summed E-state index contributed by atoms with van der Waals surface area (Å²) in [4.78, 5) is 0. The van der Waals surface area contributed by atoms with Crippen LogP contribution in [0.15, 0.2) is 34.9 Å². The zero-order valence-corrected chi connectivity index (χ0v) is 9.34. The average molecular weight is 228 g/mol. The monoisotopic (exact) mass is 228 g/mol. The maximum absolute atomic E-state index is 6.05. The Kier molecular flexibility index (Phi) is 2.19. The highest BCUT2D eigenvalue weighted by molar-refractivity contribution is 5.78. The van der Waals surface area contributed by atoms with E-state index < -0.39 is 0 Å². The topological polar surface area (TPSA) is 80.7 Å². The number of nitrogens with two attached hydrogens (primary N) is 1. The van der Waals surface area contributed by atoms with Crippen LogP contribution in [0.1, 0.15) is 23.1 Å². The first-order valence-corrected chi connectivity index (χ1v) is 5.35. The van der Waals surface area contributed by atoms with E-state index in [2.05, 4.69) is 21.5 Å². The first kappa shape index (κ1) is 10.0. The molecule has 0 radical (unpaired) electrons.